The zero-order chi connectivity index (χ0) is 9.54. The van der Waals surface area contributed by atoms with Crippen LogP contribution in [0.5, 0.6) is 0 Å². The highest BCUT2D eigenvalue weighted by Gasteiger charge is 2.23. The summed E-state index contributed by atoms with van der Waals surface area (Å²) in [5.41, 5.74) is 2.08. The molecule has 0 spiro atoms. The van der Waals surface area contributed by atoms with Crippen LogP contribution in [-0.4, -0.2) is 27.7 Å². The van der Waals surface area contributed by atoms with E-state index in [0.29, 0.717) is 5.92 Å². The van der Waals surface area contributed by atoms with E-state index in [1.54, 1.807) is 0 Å². The zero-order valence-electron chi connectivity index (χ0n) is 8.07. The molecule has 1 aliphatic rings. The van der Waals surface area contributed by atoms with Gasteiger partial charge in [-0.2, -0.15) is 5.10 Å². The van der Waals surface area contributed by atoms with E-state index >= 15 is 0 Å². The van der Waals surface area contributed by atoms with E-state index < -0.39 is 0 Å². The number of nitrogens with one attached hydrogen (secondary N) is 1. The molecule has 1 fully saturated rings. The maximum absolute atomic E-state index is 4.51. The molecule has 2 aromatic rings. The Hall–Kier alpha value is -1.42. The topological polar surface area (TPSA) is 42.2 Å². The van der Waals surface area contributed by atoms with Crippen LogP contribution in [0.4, 0.5) is 0 Å². The van der Waals surface area contributed by atoms with Crippen molar-refractivity contribution >= 4 is 5.65 Å². The lowest BCUT2D eigenvalue weighted by Gasteiger charge is -2.23. The number of fused-ring (bicyclic) bond motifs is 1. The Bertz CT molecular complexity index is 470. The molecular formula is C10H12N4. The molecule has 0 unspecified atom stereocenters. The van der Waals surface area contributed by atoms with E-state index in [0.717, 1.165) is 30.3 Å². The predicted molar refractivity (Wildman–Crippen MR) is 53.3 cm³/mol. The van der Waals surface area contributed by atoms with Gasteiger partial charge in [0.05, 0.1) is 0 Å². The molecule has 14 heavy (non-hydrogen) atoms. The van der Waals surface area contributed by atoms with Crippen molar-refractivity contribution in [3.8, 4) is 0 Å². The van der Waals surface area contributed by atoms with Crippen LogP contribution in [0.15, 0.2) is 18.2 Å². The van der Waals surface area contributed by atoms with Gasteiger partial charge in [0.15, 0.2) is 11.5 Å². The van der Waals surface area contributed by atoms with Gasteiger partial charge in [0.2, 0.25) is 0 Å². The summed E-state index contributed by atoms with van der Waals surface area (Å²) in [5, 5.41) is 7.73. The Kier molecular flexibility index (Phi) is 1.58. The summed E-state index contributed by atoms with van der Waals surface area (Å²) in [4.78, 5) is 4.51. The molecule has 1 saturated heterocycles. The van der Waals surface area contributed by atoms with Crippen molar-refractivity contribution in [1.29, 1.82) is 0 Å². The molecule has 0 radical (unpaired) electrons. The molecule has 1 N–H and O–H groups in total. The third-order valence-electron chi connectivity index (χ3n) is 2.71. The van der Waals surface area contributed by atoms with Crippen molar-refractivity contribution in [2.45, 2.75) is 12.8 Å². The van der Waals surface area contributed by atoms with Crippen molar-refractivity contribution < 1.29 is 0 Å². The lowest BCUT2D eigenvalue weighted by Crippen LogP contribution is -2.40. The normalized spacial score (nSPS) is 17.2. The van der Waals surface area contributed by atoms with E-state index in [1.807, 2.05) is 29.6 Å². The largest absolute Gasteiger partial charge is 0.315 e. The monoisotopic (exact) mass is 188 g/mol. The van der Waals surface area contributed by atoms with Gasteiger partial charge in [-0.3, -0.25) is 0 Å². The highest BCUT2D eigenvalue weighted by Crippen LogP contribution is 2.17. The van der Waals surface area contributed by atoms with E-state index in [-0.39, 0.29) is 0 Å². The third kappa shape index (κ3) is 1.04. The smallest absolute Gasteiger partial charge is 0.157 e. The number of hydrogen-bond acceptors (Lipinski definition) is 3. The minimum atomic E-state index is 0.509. The number of pyridine rings is 1. The highest BCUT2D eigenvalue weighted by molar-refractivity contribution is 5.39. The highest BCUT2D eigenvalue weighted by atomic mass is 15.3. The van der Waals surface area contributed by atoms with Gasteiger partial charge in [-0.15, -0.1) is 0 Å². The number of aryl methyl sites for hydroxylation is 1. The molecule has 72 valence electrons. The minimum Gasteiger partial charge on any atom is -0.315 e. The van der Waals surface area contributed by atoms with E-state index in [9.17, 15) is 0 Å². The first-order valence-corrected chi connectivity index (χ1v) is 4.87. The van der Waals surface area contributed by atoms with Gasteiger partial charge < -0.3 is 5.32 Å². The standard InChI is InChI=1S/C10H12N4/c1-7-3-2-4-9-12-10(13-14(7)9)8-5-11-6-8/h2-4,8,11H,5-6H2,1H3. The molecule has 3 heterocycles. The average Bonchev–Trinajstić information content (AvgIpc) is 2.46. The van der Waals surface area contributed by atoms with Crippen LogP contribution in [0, 0.1) is 6.92 Å². The quantitative estimate of drug-likeness (QED) is 0.717. The SMILES string of the molecule is Cc1cccc2nc(C3CNC3)nn12. The number of rotatable bonds is 1. The zero-order valence-corrected chi connectivity index (χ0v) is 8.07. The lowest BCUT2D eigenvalue weighted by atomic mass is 10.0. The van der Waals surface area contributed by atoms with Gasteiger partial charge in [0.25, 0.3) is 0 Å². The van der Waals surface area contributed by atoms with Crippen molar-refractivity contribution in [3.63, 3.8) is 0 Å². The average molecular weight is 188 g/mol. The second kappa shape index (κ2) is 2.78. The fourth-order valence-electron chi connectivity index (χ4n) is 1.70. The molecule has 1 aliphatic heterocycles. The fourth-order valence-corrected chi connectivity index (χ4v) is 1.70. The summed E-state index contributed by atoms with van der Waals surface area (Å²) in [6.07, 6.45) is 0. The summed E-state index contributed by atoms with van der Waals surface area (Å²) < 4.78 is 1.91. The van der Waals surface area contributed by atoms with E-state index in [2.05, 4.69) is 15.4 Å². The summed E-state index contributed by atoms with van der Waals surface area (Å²) in [6, 6.07) is 6.06. The maximum atomic E-state index is 4.51. The molecular weight excluding hydrogens is 176 g/mol. The summed E-state index contributed by atoms with van der Waals surface area (Å²) in [5.74, 6) is 1.48. The number of aromatic nitrogens is 3. The molecule has 0 atom stereocenters. The number of nitrogens with zero attached hydrogens (tertiary/aromatic N) is 3. The molecule has 0 saturated carbocycles. The molecule has 2 aromatic heterocycles. The predicted octanol–water partition coefficient (Wildman–Crippen LogP) is 0.725. The van der Waals surface area contributed by atoms with Gasteiger partial charge >= 0.3 is 0 Å². The third-order valence-corrected chi connectivity index (χ3v) is 2.71. The molecule has 3 rings (SSSR count). The van der Waals surface area contributed by atoms with Crippen LogP contribution >= 0.6 is 0 Å². The van der Waals surface area contributed by atoms with Gasteiger partial charge in [-0.25, -0.2) is 9.50 Å². The Morgan fingerprint density at radius 3 is 2.93 bits per heavy atom. The fraction of sp³-hybridized carbons (Fsp3) is 0.400. The Balaban J connectivity index is 2.15. The molecule has 4 nitrogen and oxygen atoms in total. The maximum Gasteiger partial charge on any atom is 0.157 e. The Morgan fingerprint density at radius 1 is 1.43 bits per heavy atom. The Morgan fingerprint density at radius 2 is 2.29 bits per heavy atom. The molecule has 4 heteroatoms. The summed E-state index contributed by atoms with van der Waals surface area (Å²) >= 11 is 0. The van der Waals surface area contributed by atoms with Crippen LogP contribution in [0.25, 0.3) is 5.65 Å². The van der Waals surface area contributed by atoms with E-state index in [1.165, 1.54) is 0 Å². The van der Waals surface area contributed by atoms with Crippen LogP contribution < -0.4 is 5.32 Å². The van der Waals surface area contributed by atoms with Crippen LogP contribution in [0.1, 0.15) is 17.4 Å². The van der Waals surface area contributed by atoms with Crippen molar-refractivity contribution in [1.82, 2.24) is 19.9 Å². The van der Waals surface area contributed by atoms with Crippen molar-refractivity contribution in [3.05, 3.63) is 29.7 Å². The first-order chi connectivity index (χ1) is 6.84. The van der Waals surface area contributed by atoms with Gasteiger partial charge in [0.1, 0.15) is 0 Å². The van der Waals surface area contributed by atoms with Gasteiger partial charge in [-0.05, 0) is 19.1 Å². The summed E-state index contributed by atoms with van der Waals surface area (Å²) in [6.45, 7) is 4.07. The van der Waals surface area contributed by atoms with Crippen molar-refractivity contribution in [2.75, 3.05) is 13.1 Å². The van der Waals surface area contributed by atoms with Crippen molar-refractivity contribution in [2.24, 2.45) is 0 Å². The van der Waals surface area contributed by atoms with Crippen LogP contribution in [0.3, 0.4) is 0 Å². The van der Waals surface area contributed by atoms with E-state index in [4.69, 9.17) is 0 Å². The molecule has 0 bridgehead atoms. The lowest BCUT2D eigenvalue weighted by molar-refractivity contribution is 0.430. The first-order valence-electron chi connectivity index (χ1n) is 4.87. The molecule has 0 amide bonds. The first kappa shape index (κ1) is 7.94. The minimum absolute atomic E-state index is 0.509. The number of hydrogen-bond donors (Lipinski definition) is 1. The van der Waals surface area contributed by atoms with Crippen LogP contribution in [-0.2, 0) is 0 Å². The second-order valence-corrected chi connectivity index (χ2v) is 3.76. The van der Waals surface area contributed by atoms with Gasteiger partial charge in [-0.1, -0.05) is 6.07 Å². The van der Waals surface area contributed by atoms with Gasteiger partial charge in [0, 0.05) is 24.7 Å². The molecule has 0 aliphatic carbocycles. The molecule has 0 aromatic carbocycles. The summed E-state index contributed by atoms with van der Waals surface area (Å²) in [7, 11) is 0. The van der Waals surface area contributed by atoms with Crippen LogP contribution in [0.2, 0.25) is 0 Å². The Labute approximate surface area is 82.0 Å². The second-order valence-electron chi connectivity index (χ2n) is 3.76.